The Bertz CT molecular complexity index is 823. The lowest BCUT2D eigenvalue weighted by Crippen LogP contribution is -2.52. The molecule has 2 aliphatic heterocycles. The second-order valence-corrected chi connectivity index (χ2v) is 8.87. The summed E-state index contributed by atoms with van der Waals surface area (Å²) < 4.78 is 35.3. The summed E-state index contributed by atoms with van der Waals surface area (Å²) in [4.78, 5) is 7.93. The lowest BCUT2D eigenvalue weighted by molar-refractivity contribution is -0.0455. The predicted molar refractivity (Wildman–Crippen MR) is 95.3 cm³/mol. The number of rotatable bonds is 3. The first-order chi connectivity index (χ1) is 11.9. The minimum atomic E-state index is -3.54. The van der Waals surface area contributed by atoms with E-state index in [9.17, 15) is 8.42 Å². The first-order valence-corrected chi connectivity index (χ1v) is 10.2. The van der Waals surface area contributed by atoms with Crippen molar-refractivity contribution in [2.24, 2.45) is 0 Å². The van der Waals surface area contributed by atoms with E-state index in [0.717, 1.165) is 29.7 Å². The highest BCUT2D eigenvalue weighted by atomic mass is 32.2. The largest absolute Gasteiger partial charge is 0.373 e. The van der Waals surface area contributed by atoms with Crippen LogP contribution in [0, 0.1) is 0 Å². The predicted octanol–water partition coefficient (Wildman–Crippen LogP) is 2.05. The highest BCUT2D eigenvalue weighted by molar-refractivity contribution is 7.86. The molecule has 1 aromatic heterocycles. The molecule has 0 spiro atoms. The zero-order chi connectivity index (χ0) is 17.6. The average Bonchev–Trinajstić information content (AvgIpc) is 3.20. The lowest BCUT2D eigenvalue weighted by atomic mass is 10.2. The number of imidazole rings is 1. The van der Waals surface area contributed by atoms with Crippen molar-refractivity contribution in [1.29, 1.82) is 0 Å². The fourth-order valence-corrected chi connectivity index (χ4v) is 5.87. The number of hydrogen-bond donors (Lipinski definition) is 1. The van der Waals surface area contributed by atoms with Gasteiger partial charge in [0, 0.05) is 19.6 Å². The van der Waals surface area contributed by atoms with Crippen LogP contribution in [0.25, 0.3) is 11.0 Å². The van der Waals surface area contributed by atoms with Crippen molar-refractivity contribution >= 4 is 21.2 Å². The van der Waals surface area contributed by atoms with Gasteiger partial charge in [-0.05, 0) is 38.8 Å². The van der Waals surface area contributed by atoms with Gasteiger partial charge in [0.25, 0.3) is 10.2 Å². The van der Waals surface area contributed by atoms with Crippen molar-refractivity contribution in [2.75, 3.05) is 19.6 Å². The summed E-state index contributed by atoms with van der Waals surface area (Å²) in [5.41, 5.74) is 1.81. The highest BCUT2D eigenvalue weighted by Crippen LogP contribution is 2.35. The second kappa shape index (κ2) is 6.35. The molecule has 136 valence electrons. The molecule has 0 aliphatic carbocycles. The smallest absolute Gasteiger partial charge is 0.282 e. The van der Waals surface area contributed by atoms with Crippen molar-refractivity contribution in [3.8, 4) is 0 Å². The van der Waals surface area contributed by atoms with Gasteiger partial charge in [-0.15, -0.1) is 0 Å². The molecule has 0 amide bonds. The minimum Gasteiger partial charge on any atom is -0.373 e. The number of H-pyrrole nitrogens is 1. The first kappa shape index (κ1) is 17.0. The molecule has 1 N–H and O–H groups in total. The Morgan fingerprint density at radius 1 is 1.20 bits per heavy atom. The molecule has 8 heteroatoms. The molecule has 2 aromatic rings. The van der Waals surface area contributed by atoms with Gasteiger partial charge in [0.2, 0.25) is 0 Å². The average molecular weight is 364 g/mol. The third-order valence-electron chi connectivity index (χ3n) is 4.94. The number of fused-ring (bicyclic) bond motifs is 1. The van der Waals surface area contributed by atoms with Gasteiger partial charge in [-0.2, -0.15) is 17.0 Å². The van der Waals surface area contributed by atoms with E-state index in [-0.39, 0.29) is 18.2 Å². The summed E-state index contributed by atoms with van der Waals surface area (Å²) in [6.07, 6.45) is 1.45. The van der Waals surface area contributed by atoms with Crippen LogP contribution in [0.1, 0.15) is 38.6 Å². The number of aromatic amines is 1. The van der Waals surface area contributed by atoms with Gasteiger partial charge in [-0.25, -0.2) is 4.98 Å². The number of nitrogens with one attached hydrogen (secondary N) is 1. The van der Waals surface area contributed by atoms with E-state index >= 15 is 0 Å². The van der Waals surface area contributed by atoms with Gasteiger partial charge in [-0.1, -0.05) is 12.1 Å². The SMILES string of the molecule is C[C@@H]1CN(S(=O)(=O)N2CCC[C@H]2c2nc3ccccc3[nH]2)C[C@@H](C)O1. The van der Waals surface area contributed by atoms with Crippen molar-refractivity contribution in [3.05, 3.63) is 30.1 Å². The molecule has 0 saturated carbocycles. The Morgan fingerprint density at radius 3 is 2.64 bits per heavy atom. The Morgan fingerprint density at radius 2 is 1.92 bits per heavy atom. The number of aromatic nitrogens is 2. The standard InChI is InChI=1S/C17H24N4O3S/c1-12-10-20(11-13(2)24-12)25(22,23)21-9-5-8-16(21)17-18-14-6-3-4-7-15(14)19-17/h3-4,6-7,12-13,16H,5,8-11H2,1-2H3,(H,18,19)/t12-,13-,16+/m1/s1. The van der Waals surface area contributed by atoms with Crippen LogP contribution in [0.15, 0.2) is 24.3 Å². The van der Waals surface area contributed by atoms with E-state index in [1.807, 2.05) is 38.1 Å². The number of benzene rings is 1. The van der Waals surface area contributed by atoms with Crippen LogP contribution in [0.4, 0.5) is 0 Å². The van der Waals surface area contributed by atoms with Gasteiger partial charge >= 0.3 is 0 Å². The molecule has 2 fully saturated rings. The van der Waals surface area contributed by atoms with E-state index in [1.165, 1.54) is 0 Å². The number of para-hydroxylation sites is 2. The maximum absolute atomic E-state index is 13.2. The van der Waals surface area contributed by atoms with Gasteiger partial charge in [0.15, 0.2) is 0 Å². The third kappa shape index (κ3) is 3.08. The molecule has 3 atom stereocenters. The molecule has 3 heterocycles. The molecular weight excluding hydrogens is 340 g/mol. The number of ether oxygens (including phenoxy) is 1. The van der Waals surface area contributed by atoms with Gasteiger partial charge in [0.1, 0.15) is 5.82 Å². The maximum atomic E-state index is 13.2. The molecule has 25 heavy (non-hydrogen) atoms. The number of morpholine rings is 1. The van der Waals surface area contributed by atoms with Gasteiger partial charge in [-0.3, -0.25) is 0 Å². The van der Waals surface area contributed by atoms with Crippen LogP contribution in [-0.4, -0.2) is 58.8 Å². The molecule has 0 bridgehead atoms. The Hall–Kier alpha value is -1.48. The third-order valence-corrected chi connectivity index (χ3v) is 6.92. The summed E-state index contributed by atoms with van der Waals surface area (Å²) in [5.74, 6) is 0.733. The fourth-order valence-electron chi connectivity index (χ4n) is 3.89. The monoisotopic (exact) mass is 364 g/mol. The van der Waals surface area contributed by atoms with Crippen LogP contribution < -0.4 is 0 Å². The Balaban J connectivity index is 1.64. The molecule has 0 radical (unpaired) electrons. The topological polar surface area (TPSA) is 78.5 Å². The molecule has 2 aliphatic rings. The molecule has 0 unspecified atom stereocenters. The zero-order valence-corrected chi connectivity index (χ0v) is 15.4. The number of hydrogen-bond acceptors (Lipinski definition) is 4. The maximum Gasteiger partial charge on any atom is 0.282 e. The van der Waals surface area contributed by atoms with Crippen molar-refractivity contribution in [3.63, 3.8) is 0 Å². The van der Waals surface area contributed by atoms with Crippen LogP contribution in [0.2, 0.25) is 0 Å². The van der Waals surface area contributed by atoms with E-state index < -0.39 is 10.2 Å². The number of nitrogens with zero attached hydrogens (tertiary/aromatic N) is 3. The second-order valence-electron chi connectivity index (χ2n) is 6.99. The zero-order valence-electron chi connectivity index (χ0n) is 14.6. The summed E-state index contributed by atoms with van der Waals surface area (Å²) in [6.45, 7) is 5.16. The Kier molecular flexibility index (Phi) is 4.31. The fraction of sp³-hybridized carbons (Fsp3) is 0.588. The summed E-state index contributed by atoms with van der Waals surface area (Å²) >= 11 is 0. The minimum absolute atomic E-state index is 0.0919. The van der Waals surface area contributed by atoms with Crippen LogP contribution in [0.3, 0.4) is 0 Å². The molecule has 7 nitrogen and oxygen atoms in total. The van der Waals surface area contributed by atoms with Crippen molar-refractivity contribution in [2.45, 2.75) is 44.9 Å². The van der Waals surface area contributed by atoms with Gasteiger partial charge in [0.05, 0.1) is 29.3 Å². The molecule has 1 aromatic carbocycles. The summed E-state index contributed by atoms with van der Waals surface area (Å²) in [6, 6.07) is 7.56. The normalized spacial score (nSPS) is 29.4. The molecular formula is C17H24N4O3S. The van der Waals surface area contributed by atoms with Gasteiger partial charge < -0.3 is 9.72 Å². The van der Waals surface area contributed by atoms with E-state index in [1.54, 1.807) is 8.61 Å². The quantitative estimate of drug-likeness (QED) is 0.904. The highest BCUT2D eigenvalue weighted by Gasteiger charge is 2.42. The van der Waals surface area contributed by atoms with Crippen LogP contribution in [0.5, 0.6) is 0 Å². The Labute approximate surface area is 148 Å². The van der Waals surface area contributed by atoms with Crippen LogP contribution in [-0.2, 0) is 14.9 Å². The van der Waals surface area contributed by atoms with E-state index in [4.69, 9.17) is 4.74 Å². The van der Waals surface area contributed by atoms with Crippen molar-refractivity contribution < 1.29 is 13.2 Å². The molecule has 2 saturated heterocycles. The van der Waals surface area contributed by atoms with Crippen LogP contribution >= 0.6 is 0 Å². The van der Waals surface area contributed by atoms with Crippen molar-refractivity contribution in [1.82, 2.24) is 18.6 Å². The van der Waals surface area contributed by atoms with E-state index in [0.29, 0.717) is 19.6 Å². The first-order valence-electron chi connectivity index (χ1n) is 8.82. The lowest BCUT2D eigenvalue weighted by Gasteiger charge is -2.37. The van der Waals surface area contributed by atoms with E-state index in [2.05, 4.69) is 9.97 Å². The summed E-state index contributed by atoms with van der Waals surface area (Å²) in [5, 5.41) is 0. The summed E-state index contributed by atoms with van der Waals surface area (Å²) in [7, 11) is -3.54. The molecule has 4 rings (SSSR count).